The molecule has 1 rings (SSSR count). The molecule has 59 valence electrons. The van der Waals surface area contributed by atoms with Gasteiger partial charge in [0.25, 0.3) is 6.20 Å². The van der Waals surface area contributed by atoms with Gasteiger partial charge >= 0.3 is 6.18 Å². The maximum atomic E-state index is 11.8. The molecule has 0 fully saturated rings. The summed E-state index contributed by atoms with van der Waals surface area (Å²) >= 11 is 0. The first-order valence-corrected chi connectivity index (χ1v) is 2.68. The Hall–Kier alpha value is -1.26. The van der Waals surface area contributed by atoms with Gasteiger partial charge in [0.1, 0.15) is 0 Å². The lowest BCUT2D eigenvalue weighted by atomic mass is 10.3. The normalized spacial score (nSPS) is 11.5. The molecule has 1 radical (unpaired) electrons. The van der Waals surface area contributed by atoms with Gasteiger partial charge in [-0.1, -0.05) is 0 Å². The average molecular weight is 162 g/mol. The van der Waals surface area contributed by atoms with Crippen LogP contribution in [0.2, 0.25) is 0 Å². The highest BCUT2D eigenvalue weighted by atomic mass is 19.4. The van der Waals surface area contributed by atoms with Crippen LogP contribution in [-0.4, -0.2) is 0 Å². The van der Waals surface area contributed by atoms with Crippen molar-refractivity contribution in [2.24, 2.45) is 0 Å². The third-order valence-corrected chi connectivity index (χ3v) is 1.06. The van der Waals surface area contributed by atoms with Gasteiger partial charge in [-0.2, -0.15) is 17.9 Å². The maximum absolute atomic E-state index is 11.8. The van der Waals surface area contributed by atoms with E-state index < -0.39 is 11.7 Å². The number of nitrogens with zero attached hydrogens (tertiary/aromatic N) is 1. The average Bonchev–Trinajstić information content (AvgIpc) is 1.86. The van der Waals surface area contributed by atoms with E-state index in [0.29, 0.717) is 12.1 Å². The molecule has 0 saturated heterocycles. The van der Waals surface area contributed by atoms with Crippen LogP contribution in [0, 0.1) is 11.4 Å². The van der Waals surface area contributed by atoms with Crippen LogP contribution in [0.4, 0.5) is 13.2 Å². The van der Waals surface area contributed by atoms with Gasteiger partial charge in [0, 0.05) is 12.1 Å². The lowest BCUT2D eigenvalue weighted by molar-refractivity contribution is -0.610. The molecule has 0 aromatic carbocycles. The Labute approximate surface area is 60.5 Å². The van der Waals surface area contributed by atoms with E-state index in [9.17, 15) is 18.4 Å². The Bertz CT molecular complexity index is 241. The molecule has 1 aromatic rings. The molecule has 0 amide bonds. The zero-order chi connectivity index (χ0) is 8.48. The highest BCUT2D eigenvalue weighted by Gasteiger charge is 2.30. The highest BCUT2D eigenvalue weighted by molar-refractivity contribution is 5.10. The van der Waals surface area contributed by atoms with E-state index in [2.05, 4.69) is 0 Å². The molecule has 0 aliphatic carbocycles. The van der Waals surface area contributed by atoms with E-state index in [1.807, 2.05) is 6.20 Å². The summed E-state index contributed by atoms with van der Waals surface area (Å²) in [7, 11) is 0. The first kappa shape index (κ1) is 7.84. The summed E-state index contributed by atoms with van der Waals surface area (Å²) in [6.07, 6.45) is -1.80. The maximum Gasteiger partial charge on any atom is 0.416 e. The molecule has 0 bridgehead atoms. The van der Waals surface area contributed by atoms with Gasteiger partial charge in [-0.25, -0.2) is 0 Å². The van der Waals surface area contributed by atoms with Crippen LogP contribution in [0.3, 0.4) is 0 Å². The molecule has 11 heavy (non-hydrogen) atoms. The van der Waals surface area contributed by atoms with E-state index in [1.54, 1.807) is 0 Å². The predicted octanol–water partition coefficient (Wildman–Crippen LogP) is 1.14. The molecule has 0 aliphatic rings. The van der Waals surface area contributed by atoms with Gasteiger partial charge in [-0.05, 0) is 0 Å². The Balaban J connectivity index is 2.99. The Morgan fingerprint density at radius 3 is 2.45 bits per heavy atom. The van der Waals surface area contributed by atoms with Gasteiger partial charge in [-0.15, -0.1) is 0 Å². The topological polar surface area (TPSA) is 26.9 Å². The Morgan fingerprint density at radius 1 is 1.45 bits per heavy atom. The third-order valence-electron chi connectivity index (χ3n) is 1.06. The van der Waals surface area contributed by atoms with E-state index in [4.69, 9.17) is 0 Å². The minimum Gasteiger partial charge on any atom is -0.618 e. The molecule has 5 heteroatoms. The van der Waals surface area contributed by atoms with Gasteiger partial charge in [0.15, 0.2) is 6.20 Å². The largest absolute Gasteiger partial charge is 0.618 e. The van der Waals surface area contributed by atoms with Crippen molar-refractivity contribution in [3.05, 3.63) is 35.3 Å². The van der Waals surface area contributed by atoms with E-state index in [-0.39, 0.29) is 4.73 Å². The fourth-order valence-corrected chi connectivity index (χ4v) is 0.549. The Morgan fingerprint density at radius 2 is 2.09 bits per heavy atom. The van der Waals surface area contributed by atoms with Crippen molar-refractivity contribution in [1.29, 1.82) is 0 Å². The fraction of sp³-hybridized carbons (Fsp3) is 0.167. The number of pyridine rings is 1. The molecule has 0 atom stereocenters. The summed E-state index contributed by atoms with van der Waals surface area (Å²) in [4.78, 5) is 0. The number of halogens is 3. The summed E-state index contributed by atoms with van der Waals surface area (Å²) in [5, 5.41) is 10.2. The summed E-state index contributed by atoms with van der Waals surface area (Å²) in [5.74, 6) is 0. The molecule has 1 aromatic heterocycles. The molecule has 0 N–H and O–H groups in total. The first-order chi connectivity index (χ1) is 5.00. The molecule has 0 saturated carbocycles. The Kier molecular flexibility index (Phi) is 1.72. The van der Waals surface area contributed by atoms with Crippen molar-refractivity contribution in [2.75, 3.05) is 0 Å². The van der Waals surface area contributed by atoms with Crippen molar-refractivity contribution in [2.45, 2.75) is 6.18 Å². The fourth-order valence-electron chi connectivity index (χ4n) is 0.549. The van der Waals surface area contributed by atoms with Crippen molar-refractivity contribution >= 4 is 0 Å². The minimum absolute atomic E-state index is 0.176. The monoisotopic (exact) mass is 162 g/mol. The van der Waals surface area contributed by atoms with Crippen LogP contribution in [0.5, 0.6) is 0 Å². The summed E-state index contributed by atoms with van der Waals surface area (Å²) < 4.78 is 35.5. The summed E-state index contributed by atoms with van der Waals surface area (Å²) in [6.45, 7) is 0. The third kappa shape index (κ3) is 1.83. The predicted molar refractivity (Wildman–Crippen MR) is 29.2 cm³/mol. The molecule has 0 spiro atoms. The molecule has 2 nitrogen and oxygen atoms in total. The van der Waals surface area contributed by atoms with Crippen LogP contribution in [0.15, 0.2) is 18.3 Å². The summed E-state index contributed by atoms with van der Waals surface area (Å²) in [5.41, 5.74) is -0.871. The van der Waals surface area contributed by atoms with Crippen molar-refractivity contribution in [3.63, 3.8) is 0 Å². The SMILES string of the molecule is [O-][n+]1[c]cc(C(F)(F)F)cc1. The number of rotatable bonds is 0. The van der Waals surface area contributed by atoms with Crippen molar-refractivity contribution in [3.8, 4) is 0 Å². The lowest BCUT2D eigenvalue weighted by Crippen LogP contribution is -2.25. The highest BCUT2D eigenvalue weighted by Crippen LogP contribution is 2.27. The van der Waals surface area contributed by atoms with Crippen LogP contribution < -0.4 is 4.73 Å². The number of aromatic nitrogens is 1. The molecule has 1 heterocycles. The van der Waals surface area contributed by atoms with Crippen LogP contribution in [0.1, 0.15) is 5.56 Å². The minimum atomic E-state index is -4.40. The summed E-state index contributed by atoms with van der Waals surface area (Å²) in [6, 6.07) is 1.30. The smallest absolute Gasteiger partial charge is 0.416 e. The quantitative estimate of drug-likeness (QED) is 0.415. The zero-order valence-corrected chi connectivity index (χ0v) is 5.22. The van der Waals surface area contributed by atoms with Crippen molar-refractivity contribution < 1.29 is 17.9 Å². The second-order valence-corrected chi connectivity index (χ2v) is 1.87. The van der Waals surface area contributed by atoms with Gasteiger partial charge in [0.2, 0.25) is 0 Å². The number of alkyl halides is 3. The van der Waals surface area contributed by atoms with Crippen LogP contribution in [0.25, 0.3) is 0 Å². The van der Waals surface area contributed by atoms with Crippen LogP contribution in [-0.2, 0) is 6.18 Å². The van der Waals surface area contributed by atoms with E-state index >= 15 is 0 Å². The second-order valence-electron chi connectivity index (χ2n) is 1.87. The number of hydrogen-bond acceptors (Lipinski definition) is 1. The molecular weight excluding hydrogens is 159 g/mol. The van der Waals surface area contributed by atoms with Gasteiger partial charge in [0.05, 0.1) is 5.56 Å². The molecular formula is C6H3F3NO. The molecule has 0 aliphatic heterocycles. The van der Waals surface area contributed by atoms with E-state index in [0.717, 1.165) is 6.20 Å². The van der Waals surface area contributed by atoms with E-state index in [1.165, 1.54) is 0 Å². The lowest BCUT2D eigenvalue weighted by Gasteiger charge is -2.03. The first-order valence-electron chi connectivity index (χ1n) is 2.68. The van der Waals surface area contributed by atoms with Gasteiger partial charge < -0.3 is 5.21 Å². The number of hydrogen-bond donors (Lipinski definition) is 0. The standard InChI is InChI=1S/C6H3F3NO/c7-6(8,9)5-1-3-10(11)4-2-5/h1-3H. The van der Waals surface area contributed by atoms with Crippen molar-refractivity contribution in [1.82, 2.24) is 0 Å². The zero-order valence-electron chi connectivity index (χ0n) is 5.22. The van der Waals surface area contributed by atoms with Crippen LogP contribution >= 0.6 is 0 Å². The molecule has 0 unspecified atom stereocenters. The van der Waals surface area contributed by atoms with Gasteiger partial charge in [-0.3, -0.25) is 0 Å². The second kappa shape index (κ2) is 2.41.